The lowest BCUT2D eigenvalue weighted by Crippen LogP contribution is -2.34. The van der Waals surface area contributed by atoms with E-state index in [9.17, 15) is 4.79 Å². The lowest BCUT2D eigenvalue weighted by Gasteiger charge is -2.20. The molecule has 4 heteroatoms. The lowest BCUT2D eigenvalue weighted by atomic mass is 10.0. The number of amides is 1. The van der Waals surface area contributed by atoms with E-state index in [4.69, 9.17) is 10.5 Å². The molecule has 0 fully saturated rings. The van der Waals surface area contributed by atoms with Gasteiger partial charge in [0.05, 0.1) is 6.10 Å². The van der Waals surface area contributed by atoms with Gasteiger partial charge in [-0.05, 0) is 91.4 Å². The van der Waals surface area contributed by atoms with Crippen LogP contribution in [0, 0.1) is 0 Å². The van der Waals surface area contributed by atoms with Crippen molar-refractivity contribution in [3.8, 4) is 0 Å². The minimum Gasteiger partial charge on any atom is -0.378 e. The molecule has 0 aromatic carbocycles. The Morgan fingerprint density at radius 1 is 0.909 bits per heavy atom. The number of nitrogens with one attached hydrogen (secondary N) is 1. The zero-order valence-corrected chi connectivity index (χ0v) is 22.2. The van der Waals surface area contributed by atoms with E-state index in [2.05, 4.69) is 48.7 Å². The first-order valence-corrected chi connectivity index (χ1v) is 13.5. The minimum atomic E-state index is -0.190. The molecule has 0 aliphatic rings. The molecule has 0 aliphatic carbocycles. The number of carbonyl (C=O) groups is 1. The summed E-state index contributed by atoms with van der Waals surface area (Å²) >= 11 is 0. The summed E-state index contributed by atoms with van der Waals surface area (Å²) in [6, 6.07) is 0. The van der Waals surface area contributed by atoms with Gasteiger partial charge in [0.1, 0.15) is 0 Å². The van der Waals surface area contributed by atoms with Crippen LogP contribution >= 0.6 is 0 Å². The Bertz CT molecular complexity index is 532. The summed E-state index contributed by atoms with van der Waals surface area (Å²) in [5.41, 5.74) is 5.76. The van der Waals surface area contributed by atoms with Crippen LogP contribution in [0.4, 0.5) is 0 Å². The second-order valence-corrected chi connectivity index (χ2v) is 9.88. The van der Waals surface area contributed by atoms with Crippen molar-refractivity contribution in [3.63, 3.8) is 0 Å². The zero-order valence-electron chi connectivity index (χ0n) is 22.2. The first kappa shape index (κ1) is 31.6. The molecule has 0 radical (unpaired) electrons. The number of hydrogen-bond donors (Lipinski definition) is 2. The van der Waals surface area contributed by atoms with Crippen LogP contribution in [-0.4, -0.2) is 30.7 Å². The molecule has 0 saturated carbocycles. The minimum absolute atomic E-state index is 0.140. The number of carbonyl (C=O) groups excluding carboxylic acids is 1. The van der Waals surface area contributed by atoms with Crippen LogP contribution in [0.5, 0.6) is 0 Å². The monoisotopic (exact) mass is 462 g/mol. The third kappa shape index (κ3) is 26.7. The fourth-order valence-electron chi connectivity index (χ4n) is 3.27. The smallest absolute Gasteiger partial charge is 0.220 e. The molecule has 1 amide bonds. The molecule has 0 bridgehead atoms. The van der Waals surface area contributed by atoms with Crippen LogP contribution in [0.25, 0.3) is 0 Å². The van der Waals surface area contributed by atoms with Crippen LogP contribution in [0.1, 0.15) is 118 Å². The van der Waals surface area contributed by atoms with E-state index < -0.39 is 0 Å². The molecule has 1 unspecified atom stereocenters. The number of nitrogens with two attached hydrogens (primary N) is 1. The highest BCUT2D eigenvalue weighted by Crippen LogP contribution is 2.07. The normalized spacial score (nSPS) is 13.5. The fraction of sp³-hybridized carbons (Fsp3) is 0.759. The molecule has 0 aromatic heterocycles. The molecule has 33 heavy (non-hydrogen) atoms. The Morgan fingerprint density at radius 3 is 2.03 bits per heavy atom. The van der Waals surface area contributed by atoms with Crippen LogP contribution in [0.15, 0.2) is 36.5 Å². The Balaban J connectivity index is 3.47. The number of rotatable bonds is 22. The van der Waals surface area contributed by atoms with Gasteiger partial charge in [0.25, 0.3) is 0 Å². The Hall–Kier alpha value is -1.39. The highest BCUT2D eigenvalue weighted by molar-refractivity contribution is 5.75. The molecule has 0 rings (SSSR count). The van der Waals surface area contributed by atoms with Crippen molar-refractivity contribution in [1.29, 1.82) is 0 Å². The average molecular weight is 463 g/mol. The number of ether oxygens (including phenoxy) is 1. The van der Waals surface area contributed by atoms with Gasteiger partial charge in [-0.25, -0.2) is 0 Å². The van der Waals surface area contributed by atoms with Crippen molar-refractivity contribution in [2.45, 2.75) is 129 Å². The molecule has 0 heterocycles. The molecule has 0 saturated heterocycles. The summed E-state index contributed by atoms with van der Waals surface area (Å²) in [7, 11) is 0. The van der Waals surface area contributed by atoms with Gasteiger partial charge in [0, 0.05) is 25.1 Å². The number of allylic oxidation sites excluding steroid dienone is 6. The predicted molar refractivity (Wildman–Crippen MR) is 144 cm³/mol. The van der Waals surface area contributed by atoms with Gasteiger partial charge in [-0.1, -0.05) is 56.2 Å². The van der Waals surface area contributed by atoms with E-state index in [1.807, 2.05) is 20.8 Å². The molecule has 0 aromatic rings. The quantitative estimate of drug-likeness (QED) is 0.130. The predicted octanol–water partition coefficient (Wildman–Crippen LogP) is 7.39. The van der Waals surface area contributed by atoms with Gasteiger partial charge in [-0.15, -0.1) is 0 Å². The van der Waals surface area contributed by atoms with E-state index in [0.717, 1.165) is 38.5 Å². The first-order valence-electron chi connectivity index (χ1n) is 13.5. The zero-order chi connectivity index (χ0) is 24.6. The van der Waals surface area contributed by atoms with Crippen molar-refractivity contribution in [2.24, 2.45) is 5.73 Å². The third-order valence-electron chi connectivity index (χ3n) is 5.53. The SMILES string of the molecule is CCCCC/C=C\C/C=C\CCCC/C=C\CCCC(=O)NCCC(C)OCCC(C)(C)N. The largest absolute Gasteiger partial charge is 0.378 e. The van der Waals surface area contributed by atoms with Gasteiger partial charge in [-0.3, -0.25) is 4.79 Å². The molecule has 1 atom stereocenters. The molecule has 192 valence electrons. The summed E-state index contributed by atoms with van der Waals surface area (Å²) in [6.07, 6.45) is 29.0. The Kier molecular flexibility index (Phi) is 21.5. The maximum absolute atomic E-state index is 11.9. The van der Waals surface area contributed by atoms with Gasteiger partial charge >= 0.3 is 0 Å². The molecule has 3 N–H and O–H groups in total. The van der Waals surface area contributed by atoms with Crippen molar-refractivity contribution < 1.29 is 9.53 Å². The summed E-state index contributed by atoms with van der Waals surface area (Å²) in [6.45, 7) is 9.64. The fourth-order valence-corrected chi connectivity index (χ4v) is 3.27. The maximum Gasteiger partial charge on any atom is 0.220 e. The van der Waals surface area contributed by atoms with E-state index in [1.165, 1.54) is 44.9 Å². The molecule has 0 spiro atoms. The Labute approximate surface area is 205 Å². The van der Waals surface area contributed by atoms with Crippen LogP contribution in [0.3, 0.4) is 0 Å². The van der Waals surface area contributed by atoms with Crippen molar-refractivity contribution in [2.75, 3.05) is 13.2 Å². The number of hydrogen-bond acceptors (Lipinski definition) is 3. The van der Waals surface area contributed by atoms with Crippen molar-refractivity contribution in [3.05, 3.63) is 36.5 Å². The van der Waals surface area contributed by atoms with Gasteiger partial charge < -0.3 is 15.8 Å². The standard InChI is InChI=1S/C29H54N2O2/c1-5-6-7-8-9-10-11-12-13-14-15-16-17-18-19-20-21-22-28(32)31-25-23-27(2)33-26-24-29(3,4)30/h9-10,12-13,18-19,27H,5-8,11,14-17,20-26,30H2,1-4H3,(H,31,32)/b10-9-,13-12-,19-18-. The summed E-state index contributed by atoms with van der Waals surface area (Å²) in [5, 5.41) is 3.00. The summed E-state index contributed by atoms with van der Waals surface area (Å²) in [5.74, 6) is 0.140. The second kappa shape index (κ2) is 22.4. The topological polar surface area (TPSA) is 64.3 Å². The van der Waals surface area contributed by atoms with Gasteiger partial charge in [0.2, 0.25) is 5.91 Å². The van der Waals surface area contributed by atoms with E-state index in [-0.39, 0.29) is 17.6 Å². The van der Waals surface area contributed by atoms with E-state index in [1.54, 1.807) is 0 Å². The van der Waals surface area contributed by atoms with Crippen molar-refractivity contribution in [1.82, 2.24) is 5.32 Å². The first-order chi connectivity index (χ1) is 15.8. The average Bonchev–Trinajstić information content (AvgIpc) is 2.75. The summed E-state index contributed by atoms with van der Waals surface area (Å²) < 4.78 is 5.75. The van der Waals surface area contributed by atoms with Crippen molar-refractivity contribution >= 4 is 5.91 Å². The molecule has 0 aliphatic heterocycles. The summed E-state index contributed by atoms with van der Waals surface area (Å²) in [4.78, 5) is 11.9. The third-order valence-corrected chi connectivity index (χ3v) is 5.53. The second-order valence-electron chi connectivity index (χ2n) is 9.88. The van der Waals surface area contributed by atoms with Crippen LogP contribution in [-0.2, 0) is 9.53 Å². The highest BCUT2D eigenvalue weighted by atomic mass is 16.5. The van der Waals surface area contributed by atoms with E-state index >= 15 is 0 Å². The highest BCUT2D eigenvalue weighted by Gasteiger charge is 2.11. The van der Waals surface area contributed by atoms with Gasteiger partial charge in [-0.2, -0.15) is 0 Å². The Morgan fingerprint density at radius 2 is 1.45 bits per heavy atom. The molecular weight excluding hydrogens is 408 g/mol. The van der Waals surface area contributed by atoms with Crippen LogP contribution < -0.4 is 11.1 Å². The van der Waals surface area contributed by atoms with Crippen LogP contribution in [0.2, 0.25) is 0 Å². The maximum atomic E-state index is 11.9. The number of unbranched alkanes of at least 4 members (excludes halogenated alkanes) is 7. The van der Waals surface area contributed by atoms with E-state index in [0.29, 0.717) is 19.6 Å². The van der Waals surface area contributed by atoms with Gasteiger partial charge in [0.15, 0.2) is 0 Å². The lowest BCUT2D eigenvalue weighted by molar-refractivity contribution is -0.121. The molecular formula is C29H54N2O2. The molecule has 4 nitrogen and oxygen atoms in total.